The summed E-state index contributed by atoms with van der Waals surface area (Å²) in [6.07, 6.45) is 8.05. The molecule has 0 saturated heterocycles. The van der Waals surface area contributed by atoms with Gasteiger partial charge < -0.3 is 10.3 Å². The topological polar surface area (TPSA) is 57.8 Å². The Morgan fingerprint density at radius 1 is 1.44 bits per heavy atom. The molecule has 0 radical (unpaired) electrons. The first-order valence-corrected chi connectivity index (χ1v) is 6.07. The number of aromatic nitrogens is 2. The Morgan fingerprint density at radius 3 is 2.88 bits per heavy atom. The van der Waals surface area contributed by atoms with Gasteiger partial charge in [-0.3, -0.25) is 4.79 Å². The summed E-state index contributed by atoms with van der Waals surface area (Å²) in [7, 11) is 0. The maximum Gasteiger partial charge on any atom is 0.252 e. The quantitative estimate of drug-likeness (QED) is 0.822. The van der Waals surface area contributed by atoms with Crippen LogP contribution in [0, 0.1) is 5.92 Å². The summed E-state index contributed by atoms with van der Waals surface area (Å²) >= 11 is 0. The van der Waals surface area contributed by atoms with E-state index in [4.69, 9.17) is 0 Å². The fraction of sp³-hybridized carbons (Fsp3) is 0.667. The number of nitrogens with zero attached hydrogens (tertiary/aromatic N) is 1. The van der Waals surface area contributed by atoms with Crippen molar-refractivity contribution in [3.63, 3.8) is 0 Å². The second-order valence-electron chi connectivity index (χ2n) is 4.63. The van der Waals surface area contributed by atoms with Gasteiger partial charge >= 0.3 is 0 Å². The second kappa shape index (κ2) is 5.14. The van der Waals surface area contributed by atoms with Crippen LogP contribution in [0.1, 0.15) is 39.0 Å². The van der Waals surface area contributed by atoms with E-state index in [1.165, 1.54) is 44.5 Å². The molecule has 88 valence electrons. The SMILES string of the molecule is CC(Nc1cc(=O)[nH]cn1)C1CCCCC1. The Bertz CT molecular complexity index is 382. The molecule has 1 atom stereocenters. The van der Waals surface area contributed by atoms with Gasteiger partial charge in [-0.25, -0.2) is 4.98 Å². The molecule has 0 bridgehead atoms. The number of nitrogens with one attached hydrogen (secondary N) is 2. The molecule has 0 spiro atoms. The molecule has 1 aliphatic carbocycles. The summed E-state index contributed by atoms with van der Waals surface area (Å²) in [5.74, 6) is 1.40. The fourth-order valence-corrected chi connectivity index (χ4v) is 2.43. The van der Waals surface area contributed by atoms with Crippen molar-refractivity contribution in [2.24, 2.45) is 5.92 Å². The standard InChI is InChI=1S/C12H19N3O/c1-9(10-5-3-2-4-6-10)15-11-7-12(16)14-8-13-11/h7-10H,2-6H2,1H3,(H2,13,14,15,16). The Morgan fingerprint density at radius 2 is 2.19 bits per heavy atom. The number of hydrogen-bond acceptors (Lipinski definition) is 3. The van der Waals surface area contributed by atoms with E-state index in [9.17, 15) is 4.79 Å². The van der Waals surface area contributed by atoms with Gasteiger partial charge in [-0.2, -0.15) is 0 Å². The van der Waals surface area contributed by atoms with Crippen molar-refractivity contribution in [1.82, 2.24) is 9.97 Å². The smallest absolute Gasteiger partial charge is 0.252 e. The van der Waals surface area contributed by atoms with E-state index >= 15 is 0 Å². The van der Waals surface area contributed by atoms with Crippen LogP contribution in [0.5, 0.6) is 0 Å². The lowest BCUT2D eigenvalue weighted by Gasteiger charge is -2.28. The average molecular weight is 221 g/mol. The molecule has 1 heterocycles. The summed E-state index contributed by atoms with van der Waals surface area (Å²) in [4.78, 5) is 17.7. The Labute approximate surface area is 95.5 Å². The highest BCUT2D eigenvalue weighted by molar-refractivity contribution is 5.32. The van der Waals surface area contributed by atoms with Crippen LogP contribution in [0.4, 0.5) is 5.82 Å². The highest BCUT2D eigenvalue weighted by Gasteiger charge is 2.19. The predicted molar refractivity (Wildman–Crippen MR) is 64.5 cm³/mol. The van der Waals surface area contributed by atoms with E-state index in [1.54, 1.807) is 0 Å². The molecule has 16 heavy (non-hydrogen) atoms. The molecule has 1 saturated carbocycles. The van der Waals surface area contributed by atoms with Gasteiger partial charge in [0, 0.05) is 12.1 Å². The Kier molecular flexibility index (Phi) is 3.59. The van der Waals surface area contributed by atoms with Crippen molar-refractivity contribution < 1.29 is 0 Å². The minimum Gasteiger partial charge on any atom is -0.367 e. The first-order valence-electron chi connectivity index (χ1n) is 6.07. The highest BCUT2D eigenvalue weighted by Crippen LogP contribution is 2.27. The van der Waals surface area contributed by atoms with Crippen molar-refractivity contribution in [3.05, 3.63) is 22.7 Å². The number of aromatic amines is 1. The zero-order valence-electron chi connectivity index (χ0n) is 9.70. The number of anilines is 1. The molecule has 2 N–H and O–H groups in total. The lowest BCUT2D eigenvalue weighted by molar-refractivity contribution is 0.328. The zero-order chi connectivity index (χ0) is 11.4. The van der Waals surface area contributed by atoms with Crippen molar-refractivity contribution in [2.75, 3.05) is 5.32 Å². The minimum atomic E-state index is -0.103. The fourth-order valence-electron chi connectivity index (χ4n) is 2.43. The highest BCUT2D eigenvalue weighted by atomic mass is 16.1. The first kappa shape index (κ1) is 11.2. The molecule has 1 aromatic heterocycles. The van der Waals surface area contributed by atoms with Crippen LogP contribution in [-0.4, -0.2) is 16.0 Å². The van der Waals surface area contributed by atoms with Crippen LogP contribution >= 0.6 is 0 Å². The molecular formula is C12H19N3O. The summed E-state index contributed by atoms with van der Waals surface area (Å²) in [6, 6.07) is 1.91. The zero-order valence-corrected chi connectivity index (χ0v) is 9.70. The van der Waals surface area contributed by atoms with E-state index in [0.29, 0.717) is 11.9 Å². The molecule has 1 fully saturated rings. The summed E-state index contributed by atoms with van der Waals surface area (Å²) in [5.41, 5.74) is -0.103. The molecule has 2 rings (SSSR count). The van der Waals surface area contributed by atoms with Gasteiger partial charge in [0.05, 0.1) is 6.33 Å². The third-order valence-electron chi connectivity index (χ3n) is 3.41. The number of rotatable bonds is 3. The third kappa shape index (κ3) is 2.84. The predicted octanol–water partition coefficient (Wildman–Crippen LogP) is 2.15. The molecule has 1 aromatic rings. The van der Waals surface area contributed by atoms with Crippen LogP contribution in [0.25, 0.3) is 0 Å². The van der Waals surface area contributed by atoms with Gasteiger partial charge in [-0.15, -0.1) is 0 Å². The summed E-state index contributed by atoms with van der Waals surface area (Å²) in [6.45, 7) is 2.18. The molecule has 1 unspecified atom stereocenters. The van der Waals surface area contributed by atoms with Gasteiger partial charge in [-0.05, 0) is 25.7 Å². The van der Waals surface area contributed by atoms with Crippen LogP contribution < -0.4 is 10.9 Å². The van der Waals surface area contributed by atoms with E-state index in [0.717, 1.165) is 5.92 Å². The third-order valence-corrected chi connectivity index (χ3v) is 3.41. The van der Waals surface area contributed by atoms with Crippen LogP contribution in [0.15, 0.2) is 17.2 Å². The summed E-state index contributed by atoms with van der Waals surface area (Å²) in [5, 5.41) is 3.32. The molecule has 0 aromatic carbocycles. The maximum absolute atomic E-state index is 11.1. The second-order valence-corrected chi connectivity index (χ2v) is 4.63. The normalized spacial score (nSPS) is 19.3. The van der Waals surface area contributed by atoms with E-state index in [2.05, 4.69) is 22.2 Å². The largest absolute Gasteiger partial charge is 0.367 e. The molecular weight excluding hydrogens is 202 g/mol. The molecule has 0 aliphatic heterocycles. The van der Waals surface area contributed by atoms with Gasteiger partial charge in [0.2, 0.25) is 0 Å². The van der Waals surface area contributed by atoms with E-state index in [-0.39, 0.29) is 5.56 Å². The summed E-state index contributed by atoms with van der Waals surface area (Å²) < 4.78 is 0. The Hall–Kier alpha value is -1.32. The minimum absolute atomic E-state index is 0.103. The van der Waals surface area contributed by atoms with Crippen LogP contribution in [-0.2, 0) is 0 Å². The molecule has 0 amide bonds. The van der Waals surface area contributed by atoms with Crippen molar-refractivity contribution in [3.8, 4) is 0 Å². The molecule has 4 heteroatoms. The maximum atomic E-state index is 11.1. The van der Waals surface area contributed by atoms with Crippen molar-refractivity contribution in [2.45, 2.75) is 45.1 Å². The van der Waals surface area contributed by atoms with Gasteiger partial charge in [0.25, 0.3) is 5.56 Å². The lowest BCUT2D eigenvalue weighted by Crippen LogP contribution is -2.28. The van der Waals surface area contributed by atoms with Crippen LogP contribution in [0.2, 0.25) is 0 Å². The van der Waals surface area contributed by atoms with E-state index in [1.807, 2.05) is 0 Å². The number of H-pyrrole nitrogens is 1. The number of hydrogen-bond donors (Lipinski definition) is 2. The van der Waals surface area contributed by atoms with Gasteiger partial charge in [0.1, 0.15) is 5.82 Å². The van der Waals surface area contributed by atoms with Crippen LogP contribution in [0.3, 0.4) is 0 Å². The first-order chi connectivity index (χ1) is 7.75. The van der Waals surface area contributed by atoms with Gasteiger partial charge in [-0.1, -0.05) is 19.3 Å². The van der Waals surface area contributed by atoms with E-state index < -0.39 is 0 Å². The van der Waals surface area contributed by atoms with Crippen molar-refractivity contribution >= 4 is 5.82 Å². The van der Waals surface area contributed by atoms with Crippen molar-refractivity contribution in [1.29, 1.82) is 0 Å². The van der Waals surface area contributed by atoms with Gasteiger partial charge in [0.15, 0.2) is 0 Å². The average Bonchev–Trinajstić information content (AvgIpc) is 2.30. The lowest BCUT2D eigenvalue weighted by atomic mass is 9.84. The Balaban J connectivity index is 1.95. The molecule has 4 nitrogen and oxygen atoms in total. The molecule has 1 aliphatic rings. The monoisotopic (exact) mass is 221 g/mol.